The molecular weight excluding hydrogens is 260 g/mol. The topological polar surface area (TPSA) is 32.3 Å². The Kier molecular flexibility index (Phi) is 4.59. The number of piperidine rings is 1. The molecule has 21 heavy (non-hydrogen) atoms. The Bertz CT molecular complexity index is 473. The highest BCUT2D eigenvalue weighted by Gasteiger charge is 2.30. The van der Waals surface area contributed by atoms with Gasteiger partial charge in [-0.3, -0.25) is 4.79 Å². The van der Waals surface area contributed by atoms with Gasteiger partial charge < -0.3 is 10.2 Å². The molecule has 1 aromatic carbocycles. The molecule has 2 heterocycles. The van der Waals surface area contributed by atoms with Crippen LogP contribution in [0.3, 0.4) is 0 Å². The quantitative estimate of drug-likeness (QED) is 0.926. The van der Waals surface area contributed by atoms with E-state index in [9.17, 15) is 4.79 Å². The molecule has 114 valence electrons. The van der Waals surface area contributed by atoms with Crippen LogP contribution in [0.5, 0.6) is 0 Å². The maximum atomic E-state index is 12.5. The van der Waals surface area contributed by atoms with Gasteiger partial charge in [0, 0.05) is 31.5 Å². The zero-order valence-electron chi connectivity index (χ0n) is 12.9. The molecular formula is C18H26N2O. The summed E-state index contributed by atoms with van der Waals surface area (Å²) in [6.45, 7) is 5.14. The van der Waals surface area contributed by atoms with E-state index in [1.54, 1.807) is 0 Å². The Hall–Kier alpha value is -1.35. The van der Waals surface area contributed by atoms with E-state index in [0.717, 1.165) is 26.1 Å². The zero-order valence-corrected chi connectivity index (χ0v) is 12.9. The first-order chi connectivity index (χ1) is 10.2. The highest BCUT2D eigenvalue weighted by atomic mass is 16.2. The standard InChI is InChI=1S/C18H26N2O/c1-14-6-5-10-19-17(14)12-18(21)20-11-9-16(13-20)15-7-3-2-4-8-15/h2-4,7-8,14,16-17,19H,5-6,9-13H2,1H3. The summed E-state index contributed by atoms with van der Waals surface area (Å²) in [5.74, 6) is 1.47. The molecule has 0 aliphatic carbocycles. The molecule has 0 saturated carbocycles. The first-order valence-electron chi connectivity index (χ1n) is 8.30. The molecule has 1 amide bonds. The van der Waals surface area contributed by atoms with Gasteiger partial charge in [0.2, 0.25) is 5.91 Å². The van der Waals surface area contributed by atoms with Crippen LogP contribution in [0.15, 0.2) is 30.3 Å². The van der Waals surface area contributed by atoms with Crippen molar-refractivity contribution < 1.29 is 4.79 Å². The van der Waals surface area contributed by atoms with Crippen LogP contribution in [0.4, 0.5) is 0 Å². The number of nitrogens with zero attached hydrogens (tertiary/aromatic N) is 1. The molecule has 3 heteroatoms. The van der Waals surface area contributed by atoms with E-state index in [1.165, 1.54) is 18.4 Å². The normalized spacial score (nSPS) is 29.6. The fourth-order valence-corrected chi connectivity index (χ4v) is 3.69. The highest BCUT2D eigenvalue weighted by molar-refractivity contribution is 5.77. The maximum Gasteiger partial charge on any atom is 0.224 e. The van der Waals surface area contributed by atoms with Gasteiger partial charge in [0.15, 0.2) is 0 Å². The van der Waals surface area contributed by atoms with Crippen molar-refractivity contribution in [2.45, 2.75) is 44.6 Å². The second-order valence-electron chi connectivity index (χ2n) is 6.62. The third-order valence-electron chi connectivity index (χ3n) is 5.14. The molecule has 0 spiro atoms. The molecule has 2 aliphatic heterocycles. The van der Waals surface area contributed by atoms with Crippen LogP contribution in [-0.2, 0) is 4.79 Å². The summed E-state index contributed by atoms with van der Waals surface area (Å²) in [4.78, 5) is 14.6. The second-order valence-corrected chi connectivity index (χ2v) is 6.62. The number of hydrogen-bond acceptors (Lipinski definition) is 2. The summed E-state index contributed by atoms with van der Waals surface area (Å²) in [6.07, 6.45) is 4.26. The van der Waals surface area contributed by atoms with Crippen LogP contribution < -0.4 is 5.32 Å². The predicted octanol–water partition coefficient (Wildman–Crippen LogP) is 2.78. The molecule has 3 unspecified atom stereocenters. The minimum absolute atomic E-state index is 0.333. The van der Waals surface area contributed by atoms with Gasteiger partial charge in [0.1, 0.15) is 0 Å². The number of benzene rings is 1. The summed E-state index contributed by atoms with van der Waals surface area (Å²) in [5.41, 5.74) is 1.37. The number of carbonyl (C=O) groups is 1. The molecule has 1 N–H and O–H groups in total. The van der Waals surface area contributed by atoms with Crippen LogP contribution in [0.1, 0.15) is 44.1 Å². The van der Waals surface area contributed by atoms with Gasteiger partial charge >= 0.3 is 0 Å². The minimum atomic E-state index is 0.333. The van der Waals surface area contributed by atoms with E-state index in [2.05, 4.69) is 47.5 Å². The third kappa shape index (κ3) is 3.46. The van der Waals surface area contributed by atoms with Gasteiger partial charge in [-0.25, -0.2) is 0 Å². The van der Waals surface area contributed by atoms with Crippen LogP contribution in [0.25, 0.3) is 0 Å². The molecule has 1 aromatic rings. The Morgan fingerprint density at radius 2 is 2.10 bits per heavy atom. The Labute approximate surface area is 127 Å². The van der Waals surface area contributed by atoms with Gasteiger partial charge in [0.25, 0.3) is 0 Å². The number of likely N-dealkylation sites (tertiary alicyclic amines) is 1. The fraction of sp³-hybridized carbons (Fsp3) is 0.611. The van der Waals surface area contributed by atoms with Crippen molar-refractivity contribution in [2.75, 3.05) is 19.6 Å². The lowest BCUT2D eigenvalue weighted by atomic mass is 9.90. The lowest BCUT2D eigenvalue weighted by Gasteiger charge is -2.31. The van der Waals surface area contributed by atoms with Gasteiger partial charge in [-0.05, 0) is 37.3 Å². The summed E-state index contributed by atoms with van der Waals surface area (Å²) < 4.78 is 0. The molecule has 2 aliphatic rings. The molecule has 3 atom stereocenters. The maximum absolute atomic E-state index is 12.5. The number of amides is 1. The van der Waals surface area contributed by atoms with Crippen LogP contribution in [-0.4, -0.2) is 36.5 Å². The van der Waals surface area contributed by atoms with Crippen molar-refractivity contribution in [3.8, 4) is 0 Å². The van der Waals surface area contributed by atoms with Crippen LogP contribution in [0, 0.1) is 5.92 Å². The number of hydrogen-bond donors (Lipinski definition) is 1. The smallest absolute Gasteiger partial charge is 0.224 e. The van der Waals surface area contributed by atoms with E-state index in [1.807, 2.05) is 0 Å². The van der Waals surface area contributed by atoms with Crippen LogP contribution in [0.2, 0.25) is 0 Å². The largest absolute Gasteiger partial charge is 0.342 e. The lowest BCUT2D eigenvalue weighted by molar-refractivity contribution is -0.131. The first kappa shape index (κ1) is 14.6. The Balaban J connectivity index is 1.54. The third-order valence-corrected chi connectivity index (χ3v) is 5.14. The molecule has 0 radical (unpaired) electrons. The number of rotatable bonds is 3. The average molecular weight is 286 g/mol. The second kappa shape index (κ2) is 6.61. The van der Waals surface area contributed by atoms with E-state index in [4.69, 9.17) is 0 Å². The molecule has 0 bridgehead atoms. The average Bonchev–Trinajstić information content (AvgIpc) is 3.00. The molecule has 2 fully saturated rings. The van der Waals surface area contributed by atoms with Crippen LogP contribution >= 0.6 is 0 Å². The van der Waals surface area contributed by atoms with Gasteiger partial charge in [-0.2, -0.15) is 0 Å². The van der Waals surface area contributed by atoms with Gasteiger partial charge in [0.05, 0.1) is 0 Å². The fourth-order valence-electron chi connectivity index (χ4n) is 3.69. The first-order valence-corrected chi connectivity index (χ1v) is 8.30. The van der Waals surface area contributed by atoms with E-state index < -0.39 is 0 Å². The molecule has 0 aromatic heterocycles. The summed E-state index contributed by atoms with van der Waals surface area (Å²) in [7, 11) is 0. The monoisotopic (exact) mass is 286 g/mol. The molecule has 3 rings (SSSR count). The Morgan fingerprint density at radius 3 is 2.86 bits per heavy atom. The lowest BCUT2D eigenvalue weighted by Crippen LogP contribution is -2.44. The summed E-state index contributed by atoms with van der Waals surface area (Å²) in [6, 6.07) is 11.0. The Morgan fingerprint density at radius 1 is 1.29 bits per heavy atom. The minimum Gasteiger partial charge on any atom is -0.342 e. The van der Waals surface area contributed by atoms with Crippen molar-refractivity contribution in [1.82, 2.24) is 10.2 Å². The van der Waals surface area contributed by atoms with Crippen molar-refractivity contribution in [2.24, 2.45) is 5.92 Å². The van der Waals surface area contributed by atoms with Crippen molar-refractivity contribution in [3.63, 3.8) is 0 Å². The van der Waals surface area contributed by atoms with E-state index in [-0.39, 0.29) is 0 Å². The molecule has 3 nitrogen and oxygen atoms in total. The number of nitrogens with one attached hydrogen (secondary N) is 1. The van der Waals surface area contributed by atoms with E-state index >= 15 is 0 Å². The SMILES string of the molecule is CC1CCCNC1CC(=O)N1CCC(c2ccccc2)C1. The van der Waals surface area contributed by atoms with Crippen molar-refractivity contribution in [3.05, 3.63) is 35.9 Å². The van der Waals surface area contributed by atoms with Crippen molar-refractivity contribution >= 4 is 5.91 Å². The summed E-state index contributed by atoms with van der Waals surface area (Å²) >= 11 is 0. The summed E-state index contributed by atoms with van der Waals surface area (Å²) in [5, 5.41) is 3.52. The van der Waals surface area contributed by atoms with Gasteiger partial charge in [-0.15, -0.1) is 0 Å². The zero-order chi connectivity index (χ0) is 14.7. The van der Waals surface area contributed by atoms with Crippen molar-refractivity contribution in [1.29, 1.82) is 0 Å². The molecule has 2 saturated heterocycles. The number of carbonyl (C=O) groups excluding carboxylic acids is 1. The van der Waals surface area contributed by atoms with Gasteiger partial charge in [-0.1, -0.05) is 37.3 Å². The predicted molar refractivity (Wildman–Crippen MR) is 85.2 cm³/mol. The highest BCUT2D eigenvalue weighted by Crippen LogP contribution is 2.28. The van der Waals surface area contributed by atoms with E-state index in [0.29, 0.717) is 30.2 Å².